The van der Waals surface area contributed by atoms with Crippen LogP contribution in [-0.2, 0) is 16.1 Å². The van der Waals surface area contributed by atoms with Crippen molar-refractivity contribution in [3.05, 3.63) is 17.7 Å². The number of aromatic hydroxyl groups is 3. The van der Waals surface area contributed by atoms with Crippen molar-refractivity contribution in [2.45, 2.75) is 13.5 Å². The first-order valence-electron chi connectivity index (χ1n) is 3.88. The van der Waals surface area contributed by atoms with Crippen LogP contribution in [0.1, 0.15) is 12.5 Å². The number of benzene rings is 1. The van der Waals surface area contributed by atoms with Gasteiger partial charge in [-0.2, -0.15) is 0 Å². The van der Waals surface area contributed by atoms with Crippen LogP contribution in [0.25, 0.3) is 0 Å². The molecule has 1 aromatic rings. The largest absolute Gasteiger partial charge is 0.504 e. The fourth-order valence-electron chi connectivity index (χ4n) is 0.907. The molecule has 14 heavy (non-hydrogen) atoms. The smallest absolute Gasteiger partial charge is 0.302 e. The van der Waals surface area contributed by atoms with Crippen LogP contribution in [0.5, 0.6) is 17.2 Å². The molecule has 3 N–H and O–H groups in total. The molecule has 1 aromatic carbocycles. The first-order chi connectivity index (χ1) is 6.52. The molecule has 0 unspecified atom stereocenters. The van der Waals surface area contributed by atoms with E-state index in [1.807, 2.05) is 0 Å². The van der Waals surface area contributed by atoms with E-state index in [0.717, 1.165) is 0 Å². The van der Waals surface area contributed by atoms with Gasteiger partial charge in [-0.25, -0.2) is 0 Å². The quantitative estimate of drug-likeness (QED) is 0.484. The van der Waals surface area contributed by atoms with Crippen molar-refractivity contribution < 1.29 is 24.9 Å². The minimum Gasteiger partial charge on any atom is -0.504 e. The number of rotatable bonds is 2. The van der Waals surface area contributed by atoms with Crippen molar-refractivity contribution in [1.29, 1.82) is 0 Å². The number of hydrogen-bond acceptors (Lipinski definition) is 5. The second-order valence-corrected chi connectivity index (χ2v) is 2.72. The number of phenolic OH excluding ortho intramolecular Hbond substituents is 3. The highest BCUT2D eigenvalue weighted by Gasteiger charge is 2.11. The van der Waals surface area contributed by atoms with Crippen molar-refractivity contribution in [2.24, 2.45) is 0 Å². The molecule has 0 spiro atoms. The third kappa shape index (κ3) is 2.07. The molecule has 0 aliphatic heterocycles. The fourth-order valence-corrected chi connectivity index (χ4v) is 0.907. The minimum atomic E-state index is -0.616. The normalized spacial score (nSPS) is 9.79. The molecule has 0 bridgehead atoms. The van der Waals surface area contributed by atoms with E-state index in [-0.39, 0.29) is 12.2 Å². The molecule has 0 fully saturated rings. The van der Waals surface area contributed by atoms with E-state index in [9.17, 15) is 9.90 Å². The number of ether oxygens (including phenoxy) is 1. The summed E-state index contributed by atoms with van der Waals surface area (Å²) in [7, 11) is 0. The number of esters is 1. The average molecular weight is 198 g/mol. The Bertz CT molecular complexity index is 358. The van der Waals surface area contributed by atoms with Crippen molar-refractivity contribution in [1.82, 2.24) is 0 Å². The zero-order chi connectivity index (χ0) is 10.7. The lowest BCUT2D eigenvalue weighted by Gasteiger charge is -2.07. The second-order valence-electron chi connectivity index (χ2n) is 2.72. The Morgan fingerprint density at radius 1 is 1.29 bits per heavy atom. The first kappa shape index (κ1) is 10.2. The van der Waals surface area contributed by atoms with E-state index in [0.29, 0.717) is 0 Å². The van der Waals surface area contributed by atoms with Crippen LogP contribution in [0.15, 0.2) is 12.1 Å². The highest BCUT2D eigenvalue weighted by atomic mass is 16.5. The third-order valence-electron chi connectivity index (χ3n) is 1.64. The standard InChI is InChI=1S/C9H10O5/c1-5(10)14-4-6-2-3-7(11)9(13)8(6)12/h2-3,11-13H,4H2,1H3. The molecule has 0 amide bonds. The lowest BCUT2D eigenvalue weighted by atomic mass is 10.2. The molecule has 0 aliphatic carbocycles. The summed E-state index contributed by atoms with van der Waals surface area (Å²) < 4.78 is 4.61. The highest BCUT2D eigenvalue weighted by Crippen LogP contribution is 2.37. The summed E-state index contributed by atoms with van der Waals surface area (Å²) in [5, 5.41) is 27.4. The Kier molecular flexibility index (Phi) is 2.81. The van der Waals surface area contributed by atoms with Crippen molar-refractivity contribution >= 4 is 5.97 Å². The van der Waals surface area contributed by atoms with E-state index < -0.39 is 23.2 Å². The predicted molar refractivity (Wildman–Crippen MR) is 46.9 cm³/mol. The first-order valence-corrected chi connectivity index (χ1v) is 3.88. The Hall–Kier alpha value is -1.91. The molecule has 0 saturated heterocycles. The molecular formula is C9H10O5. The SMILES string of the molecule is CC(=O)OCc1ccc(O)c(O)c1O. The van der Waals surface area contributed by atoms with Crippen LogP contribution in [0.3, 0.4) is 0 Å². The monoisotopic (exact) mass is 198 g/mol. The van der Waals surface area contributed by atoms with Gasteiger partial charge in [-0.15, -0.1) is 0 Å². The van der Waals surface area contributed by atoms with Crippen molar-refractivity contribution in [2.75, 3.05) is 0 Å². The zero-order valence-corrected chi connectivity index (χ0v) is 7.52. The molecule has 0 aromatic heterocycles. The van der Waals surface area contributed by atoms with Gasteiger partial charge in [0.25, 0.3) is 0 Å². The second kappa shape index (κ2) is 3.87. The summed E-state index contributed by atoms with van der Waals surface area (Å²) in [5.41, 5.74) is 0.232. The molecule has 76 valence electrons. The lowest BCUT2D eigenvalue weighted by Crippen LogP contribution is -1.98. The molecular weight excluding hydrogens is 188 g/mol. The van der Waals surface area contributed by atoms with Gasteiger partial charge in [0, 0.05) is 12.5 Å². The average Bonchev–Trinajstić information content (AvgIpc) is 2.13. The van der Waals surface area contributed by atoms with E-state index in [2.05, 4.69) is 4.74 Å². The summed E-state index contributed by atoms with van der Waals surface area (Å²) >= 11 is 0. The Balaban J connectivity index is 2.88. The molecule has 5 heteroatoms. The predicted octanol–water partition coefficient (Wildman–Crippen LogP) is 0.866. The van der Waals surface area contributed by atoms with Gasteiger partial charge in [0.2, 0.25) is 5.75 Å². The van der Waals surface area contributed by atoms with Gasteiger partial charge in [-0.1, -0.05) is 0 Å². The molecule has 0 aliphatic rings. The summed E-state index contributed by atoms with van der Waals surface area (Å²) in [4.78, 5) is 10.5. The van der Waals surface area contributed by atoms with E-state index in [1.165, 1.54) is 19.1 Å². The Labute approximate surface area is 80.2 Å². The maximum atomic E-state index is 10.5. The molecule has 0 saturated carbocycles. The molecule has 1 rings (SSSR count). The number of hydrogen-bond donors (Lipinski definition) is 3. The van der Waals surface area contributed by atoms with Gasteiger partial charge < -0.3 is 20.1 Å². The van der Waals surface area contributed by atoms with Gasteiger partial charge in [-0.3, -0.25) is 4.79 Å². The van der Waals surface area contributed by atoms with Gasteiger partial charge in [-0.05, 0) is 12.1 Å². The number of carbonyl (C=O) groups excluding carboxylic acids is 1. The van der Waals surface area contributed by atoms with Crippen LogP contribution < -0.4 is 0 Å². The maximum absolute atomic E-state index is 10.5. The van der Waals surface area contributed by atoms with Crippen LogP contribution >= 0.6 is 0 Å². The maximum Gasteiger partial charge on any atom is 0.302 e. The van der Waals surface area contributed by atoms with Crippen LogP contribution in [0.2, 0.25) is 0 Å². The topological polar surface area (TPSA) is 87.0 Å². The Morgan fingerprint density at radius 2 is 1.93 bits per heavy atom. The van der Waals surface area contributed by atoms with Gasteiger partial charge in [0.05, 0.1) is 0 Å². The van der Waals surface area contributed by atoms with E-state index in [4.69, 9.17) is 10.2 Å². The summed E-state index contributed by atoms with van der Waals surface area (Å²) in [6.07, 6.45) is 0. The van der Waals surface area contributed by atoms with Crippen molar-refractivity contribution in [3.8, 4) is 17.2 Å². The molecule has 0 radical (unpaired) electrons. The number of phenols is 3. The third-order valence-corrected chi connectivity index (χ3v) is 1.64. The summed E-state index contributed by atoms with van der Waals surface area (Å²) in [6, 6.07) is 2.56. The summed E-state index contributed by atoms with van der Waals surface area (Å²) in [6.45, 7) is 1.09. The lowest BCUT2D eigenvalue weighted by molar-refractivity contribution is -0.142. The molecule has 5 nitrogen and oxygen atoms in total. The summed E-state index contributed by atoms with van der Waals surface area (Å²) in [5.74, 6) is -2.01. The van der Waals surface area contributed by atoms with E-state index in [1.54, 1.807) is 0 Å². The fraction of sp³-hybridized carbons (Fsp3) is 0.222. The zero-order valence-electron chi connectivity index (χ0n) is 7.52. The molecule has 0 heterocycles. The van der Waals surface area contributed by atoms with Crippen molar-refractivity contribution in [3.63, 3.8) is 0 Å². The molecule has 0 atom stereocenters. The van der Waals surface area contributed by atoms with Gasteiger partial charge >= 0.3 is 5.97 Å². The minimum absolute atomic E-state index is 0.144. The van der Waals surface area contributed by atoms with Gasteiger partial charge in [0.1, 0.15) is 6.61 Å². The van der Waals surface area contributed by atoms with Crippen LogP contribution in [0, 0.1) is 0 Å². The number of carbonyl (C=O) groups is 1. The van der Waals surface area contributed by atoms with Crippen LogP contribution in [-0.4, -0.2) is 21.3 Å². The highest BCUT2D eigenvalue weighted by molar-refractivity contribution is 5.66. The van der Waals surface area contributed by atoms with E-state index >= 15 is 0 Å². The Morgan fingerprint density at radius 3 is 2.50 bits per heavy atom. The van der Waals surface area contributed by atoms with Crippen LogP contribution in [0.4, 0.5) is 0 Å². The van der Waals surface area contributed by atoms with Gasteiger partial charge in [0.15, 0.2) is 11.5 Å².